The molecule has 0 radical (unpaired) electrons. The molecule has 0 saturated carbocycles. The summed E-state index contributed by atoms with van der Waals surface area (Å²) in [6, 6.07) is 7.33. The van der Waals surface area contributed by atoms with Crippen molar-refractivity contribution in [1.82, 2.24) is 15.2 Å². The number of halogens is 1. The van der Waals surface area contributed by atoms with E-state index in [1.165, 1.54) is 11.8 Å². The van der Waals surface area contributed by atoms with Gasteiger partial charge in [0.2, 0.25) is 17.0 Å². The lowest BCUT2D eigenvalue weighted by Gasteiger charge is -2.17. The molecule has 1 aromatic carbocycles. The van der Waals surface area contributed by atoms with E-state index in [4.69, 9.17) is 17.3 Å². The summed E-state index contributed by atoms with van der Waals surface area (Å²) in [4.78, 5) is 18.1. The highest BCUT2D eigenvalue weighted by molar-refractivity contribution is 8.00. The summed E-state index contributed by atoms with van der Waals surface area (Å²) in [5, 5.41) is 7.35. The van der Waals surface area contributed by atoms with Crippen molar-refractivity contribution in [2.45, 2.75) is 16.8 Å². The molecular weight excluding hydrogens is 298 g/mol. The number of rotatable bonds is 3. The van der Waals surface area contributed by atoms with Crippen molar-refractivity contribution in [2.24, 2.45) is 0 Å². The third kappa shape index (κ3) is 2.46. The van der Waals surface area contributed by atoms with Gasteiger partial charge in [0.1, 0.15) is 0 Å². The molecule has 0 unspecified atom stereocenters. The van der Waals surface area contributed by atoms with Gasteiger partial charge in [0.25, 0.3) is 0 Å². The second-order valence-corrected chi connectivity index (χ2v) is 5.92. The molecule has 104 valence electrons. The van der Waals surface area contributed by atoms with Crippen molar-refractivity contribution in [2.75, 3.05) is 17.2 Å². The van der Waals surface area contributed by atoms with Crippen molar-refractivity contribution >= 4 is 40.9 Å². The quantitative estimate of drug-likeness (QED) is 0.904. The zero-order valence-corrected chi connectivity index (χ0v) is 12.0. The Kier molecular flexibility index (Phi) is 3.54. The van der Waals surface area contributed by atoms with Crippen LogP contribution in [-0.4, -0.2) is 32.9 Å². The summed E-state index contributed by atoms with van der Waals surface area (Å²) >= 11 is 7.45. The van der Waals surface area contributed by atoms with Crippen LogP contribution >= 0.6 is 23.4 Å². The molecule has 0 bridgehead atoms. The highest BCUT2D eigenvalue weighted by Gasteiger charge is 2.34. The monoisotopic (exact) mass is 309 g/mol. The number of aromatic amines is 1. The molecule has 1 fully saturated rings. The maximum Gasteiger partial charge on any atom is 0.240 e. The first-order valence-electron chi connectivity index (χ1n) is 6.05. The van der Waals surface area contributed by atoms with Crippen LogP contribution < -0.4 is 10.6 Å². The number of nitrogen functional groups attached to an aromatic ring is 1. The summed E-state index contributed by atoms with van der Waals surface area (Å²) in [6.45, 7) is 0.639. The average Bonchev–Trinajstić information content (AvgIpc) is 2.99. The van der Waals surface area contributed by atoms with E-state index in [0.717, 1.165) is 12.1 Å². The van der Waals surface area contributed by atoms with E-state index in [1.54, 1.807) is 11.0 Å². The van der Waals surface area contributed by atoms with Crippen LogP contribution in [0.25, 0.3) is 0 Å². The van der Waals surface area contributed by atoms with E-state index < -0.39 is 0 Å². The molecule has 8 heteroatoms. The first-order chi connectivity index (χ1) is 9.65. The Balaban J connectivity index is 1.76. The number of para-hydroxylation sites is 1. The van der Waals surface area contributed by atoms with E-state index in [-0.39, 0.29) is 17.1 Å². The van der Waals surface area contributed by atoms with Gasteiger partial charge in [-0.1, -0.05) is 35.5 Å². The SMILES string of the molecule is Nc1nc(S[C@@H]2CCN(c3ccccc3Cl)C2=O)n[nH]1. The first-order valence-corrected chi connectivity index (χ1v) is 7.31. The van der Waals surface area contributed by atoms with Gasteiger partial charge < -0.3 is 10.6 Å². The lowest BCUT2D eigenvalue weighted by atomic mass is 10.3. The number of nitrogens with two attached hydrogens (primary N) is 1. The Morgan fingerprint density at radius 1 is 1.45 bits per heavy atom. The molecule has 2 aromatic rings. The number of hydrogen-bond donors (Lipinski definition) is 2. The van der Waals surface area contributed by atoms with Gasteiger partial charge >= 0.3 is 0 Å². The van der Waals surface area contributed by atoms with Gasteiger partial charge in [-0.15, -0.1) is 5.10 Å². The van der Waals surface area contributed by atoms with Gasteiger partial charge in [-0.25, -0.2) is 5.10 Å². The number of anilines is 2. The van der Waals surface area contributed by atoms with Crippen LogP contribution in [0.3, 0.4) is 0 Å². The minimum absolute atomic E-state index is 0.0199. The van der Waals surface area contributed by atoms with Crippen molar-refractivity contribution in [3.8, 4) is 0 Å². The van der Waals surface area contributed by atoms with E-state index in [2.05, 4.69) is 15.2 Å². The topological polar surface area (TPSA) is 87.9 Å². The zero-order chi connectivity index (χ0) is 14.1. The Hall–Kier alpha value is -1.73. The molecular formula is C12H12ClN5OS. The number of hydrogen-bond acceptors (Lipinski definition) is 5. The van der Waals surface area contributed by atoms with Gasteiger partial charge in [0.05, 0.1) is 16.0 Å². The molecule has 3 N–H and O–H groups in total. The molecule has 20 heavy (non-hydrogen) atoms. The van der Waals surface area contributed by atoms with Gasteiger partial charge in [0, 0.05) is 6.54 Å². The Labute approximate surface area is 124 Å². The van der Waals surface area contributed by atoms with Crippen LogP contribution in [0.4, 0.5) is 11.6 Å². The molecule has 1 aromatic heterocycles. The highest BCUT2D eigenvalue weighted by atomic mass is 35.5. The minimum atomic E-state index is -0.207. The van der Waals surface area contributed by atoms with E-state index >= 15 is 0 Å². The molecule has 1 atom stereocenters. The van der Waals surface area contributed by atoms with Gasteiger partial charge in [-0.3, -0.25) is 4.79 Å². The second-order valence-electron chi connectivity index (χ2n) is 4.34. The number of aromatic nitrogens is 3. The normalized spacial score (nSPS) is 18.8. The number of H-pyrrole nitrogens is 1. The van der Waals surface area contributed by atoms with Crippen LogP contribution in [0.1, 0.15) is 6.42 Å². The third-order valence-electron chi connectivity index (χ3n) is 3.03. The lowest BCUT2D eigenvalue weighted by molar-refractivity contribution is -0.116. The van der Waals surface area contributed by atoms with E-state index in [1.807, 2.05) is 18.2 Å². The van der Waals surface area contributed by atoms with Crippen LogP contribution in [0, 0.1) is 0 Å². The smallest absolute Gasteiger partial charge is 0.240 e. The maximum atomic E-state index is 12.4. The standard InChI is InChI=1S/C12H12ClN5OS/c13-7-3-1-2-4-8(7)18-6-5-9(10(18)19)20-12-15-11(14)16-17-12/h1-4,9H,5-6H2,(H3,14,15,16,17)/t9-/m1/s1. The molecule has 2 heterocycles. The highest BCUT2D eigenvalue weighted by Crippen LogP contribution is 2.34. The predicted molar refractivity (Wildman–Crippen MR) is 78.9 cm³/mol. The predicted octanol–water partition coefficient (Wildman–Crippen LogP) is 1.94. The summed E-state index contributed by atoms with van der Waals surface area (Å²) in [5.41, 5.74) is 6.22. The summed E-state index contributed by atoms with van der Waals surface area (Å²) in [5.74, 6) is 0.271. The number of benzene rings is 1. The number of thioether (sulfide) groups is 1. The first kappa shape index (κ1) is 13.3. The average molecular weight is 310 g/mol. The fourth-order valence-electron chi connectivity index (χ4n) is 2.11. The van der Waals surface area contributed by atoms with Crippen molar-refractivity contribution < 1.29 is 4.79 Å². The Morgan fingerprint density at radius 3 is 2.95 bits per heavy atom. The summed E-state index contributed by atoms with van der Waals surface area (Å²) in [6.07, 6.45) is 0.725. The fourth-order valence-corrected chi connectivity index (χ4v) is 3.30. The van der Waals surface area contributed by atoms with Gasteiger partial charge in [-0.2, -0.15) is 4.98 Å². The number of nitrogens with zero attached hydrogens (tertiary/aromatic N) is 3. The van der Waals surface area contributed by atoms with Crippen LogP contribution in [0.15, 0.2) is 29.4 Å². The summed E-state index contributed by atoms with van der Waals surface area (Å²) in [7, 11) is 0. The largest absolute Gasteiger partial charge is 0.368 e. The number of carbonyl (C=O) groups excluding carboxylic acids is 1. The molecule has 1 aliphatic rings. The second kappa shape index (κ2) is 5.34. The number of carbonyl (C=O) groups is 1. The maximum absolute atomic E-state index is 12.4. The van der Waals surface area contributed by atoms with Gasteiger partial charge in [-0.05, 0) is 18.6 Å². The Bertz CT molecular complexity index is 646. The lowest BCUT2D eigenvalue weighted by Crippen LogP contribution is -2.28. The molecule has 1 amide bonds. The van der Waals surface area contributed by atoms with Crippen molar-refractivity contribution in [1.29, 1.82) is 0 Å². The molecule has 3 rings (SSSR count). The van der Waals surface area contributed by atoms with Crippen LogP contribution in [0.2, 0.25) is 5.02 Å². The molecule has 1 saturated heterocycles. The molecule has 0 spiro atoms. The third-order valence-corrected chi connectivity index (χ3v) is 4.46. The Morgan fingerprint density at radius 2 is 2.25 bits per heavy atom. The van der Waals surface area contributed by atoms with Gasteiger partial charge in [0.15, 0.2) is 0 Å². The number of nitrogens with one attached hydrogen (secondary N) is 1. The zero-order valence-electron chi connectivity index (χ0n) is 10.4. The molecule has 0 aliphatic carbocycles. The number of amides is 1. The van der Waals surface area contributed by atoms with Crippen molar-refractivity contribution in [3.63, 3.8) is 0 Å². The van der Waals surface area contributed by atoms with Crippen LogP contribution in [0.5, 0.6) is 0 Å². The van der Waals surface area contributed by atoms with E-state index in [9.17, 15) is 4.79 Å². The minimum Gasteiger partial charge on any atom is -0.368 e. The molecule has 6 nitrogen and oxygen atoms in total. The van der Waals surface area contributed by atoms with Crippen LogP contribution in [-0.2, 0) is 4.79 Å². The fraction of sp³-hybridized carbons (Fsp3) is 0.250. The summed E-state index contributed by atoms with van der Waals surface area (Å²) < 4.78 is 0. The van der Waals surface area contributed by atoms with E-state index in [0.29, 0.717) is 16.7 Å². The molecule has 1 aliphatic heterocycles. The van der Waals surface area contributed by atoms with Crippen molar-refractivity contribution in [3.05, 3.63) is 29.3 Å².